The Morgan fingerprint density at radius 3 is 2.04 bits per heavy atom. The van der Waals surface area contributed by atoms with Crippen molar-refractivity contribution in [2.45, 2.75) is 0 Å². The lowest BCUT2D eigenvalue weighted by Crippen LogP contribution is -2.11. The van der Waals surface area contributed by atoms with Crippen LogP contribution < -0.4 is 0 Å². The second-order valence-corrected chi connectivity index (χ2v) is 4.32. The van der Waals surface area contributed by atoms with E-state index in [1.165, 1.54) is 42.5 Å². The Bertz CT molecular complexity index is 1080. The molecule has 0 spiro atoms. The van der Waals surface area contributed by atoms with Gasteiger partial charge in [-0.05, 0) is 11.1 Å². The van der Waals surface area contributed by atoms with Gasteiger partial charge in [0, 0.05) is 5.56 Å². The van der Waals surface area contributed by atoms with Gasteiger partial charge in [-0.3, -0.25) is 20.2 Å². The zero-order chi connectivity index (χ0) is 21.9. The standard InChI is InChI=1S/C17H11N3O4/c18-12-16(17(19(21)22)20(23)24)15-10-8-14(9-11-15)7-6-13-4-2-1-3-5-13/h1-11H/b7-6+/i1D,2D,3D,4D,5D. The molecule has 118 valence electrons. The molecule has 0 amide bonds. The largest absolute Gasteiger partial charge is 0.577 e. The molecule has 0 saturated heterocycles. The summed E-state index contributed by atoms with van der Waals surface area (Å²) in [5.41, 5.74) is -0.291. The van der Waals surface area contributed by atoms with E-state index < -0.39 is 39.4 Å². The van der Waals surface area contributed by atoms with Crippen LogP contribution in [-0.2, 0) is 0 Å². The van der Waals surface area contributed by atoms with E-state index in [4.69, 9.17) is 12.1 Å². The molecule has 0 unspecified atom stereocenters. The van der Waals surface area contributed by atoms with Crippen LogP contribution in [-0.4, -0.2) is 9.85 Å². The van der Waals surface area contributed by atoms with Crippen LogP contribution in [0.1, 0.15) is 23.5 Å². The van der Waals surface area contributed by atoms with Crippen LogP contribution in [0, 0.1) is 31.6 Å². The summed E-state index contributed by atoms with van der Waals surface area (Å²) in [4.78, 5) is 19.2. The van der Waals surface area contributed by atoms with Gasteiger partial charge in [0.1, 0.15) is 15.9 Å². The number of allylic oxidation sites excluding steroid dienone is 1. The van der Waals surface area contributed by atoms with E-state index in [-0.39, 0.29) is 23.2 Å². The molecule has 0 aliphatic rings. The number of nitro groups is 2. The molecule has 0 bridgehead atoms. The van der Waals surface area contributed by atoms with Crippen LogP contribution in [0.15, 0.2) is 60.3 Å². The summed E-state index contributed by atoms with van der Waals surface area (Å²) in [6.45, 7) is 0. The summed E-state index contributed by atoms with van der Waals surface area (Å²) in [6, 6.07) is 4.62. The van der Waals surface area contributed by atoms with Gasteiger partial charge >= 0.3 is 5.82 Å². The van der Waals surface area contributed by atoms with Crippen molar-refractivity contribution in [2.75, 3.05) is 0 Å². The fourth-order valence-corrected chi connectivity index (χ4v) is 1.78. The third-order valence-corrected chi connectivity index (χ3v) is 2.84. The third kappa shape index (κ3) is 3.90. The lowest BCUT2D eigenvalue weighted by Gasteiger charge is -1.99. The highest BCUT2D eigenvalue weighted by atomic mass is 16.7. The van der Waals surface area contributed by atoms with Gasteiger partial charge in [-0.15, -0.1) is 0 Å². The second-order valence-electron chi connectivity index (χ2n) is 4.32. The zero-order valence-corrected chi connectivity index (χ0v) is 11.9. The number of hydrogen-bond acceptors (Lipinski definition) is 5. The van der Waals surface area contributed by atoms with Crippen molar-refractivity contribution in [3.05, 3.63) is 97.2 Å². The molecule has 7 nitrogen and oxygen atoms in total. The SMILES string of the molecule is [2H]c1c([2H])c([2H])c(/C=C/c2ccc(C(C#N)=C([N+](=O)[O-])[N+](=O)[O-])cc2)c([2H])c1[2H]. The lowest BCUT2D eigenvalue weighted by atomic mass is 10.0. The van der Waals surface area contributed by atoms with E-state index in [1.54, 1.807) is 0 Å². The molecule has 2 aromatic rings. The molecule has 24 heavy (non-hydrogen) atoms. The van der Waals surface area contributed by atoms with Gasteiger partial charge in [0.2, 0.25) is 5.57 Å². The highest BCUT2D eigenvalue weighted by Gasteiger charge is 2.33. The first kappa shape index (κ1) is 10.9. The van der Waals surface area contributed by atoms with E-state index in [2.05, 4.69) is 0 Å². The topological polar surface area (TPSA) is 110 Å². The van der Waals surface area contributed by atoms with Crippen molar-refractivity contribution in [2.24, 2.45) is 0 Å². The van der Waals surface area contributed by atoms with Crippen LogP contribution in [0.2, 0.25) is 0 Å². The summed E-state index contributed by atoms with van der Waals surface area (Å²) in [5.74, 6) is -1.44. The van der Waals surface area contributed by atoms with Crippen LogP contribution in [0.5, 0.6) is 0 Å². The highest BCUT2D eigenvalue weighted by molar-refractivity contribution is 5.78. The van der Waals surface area contributed by atoms with Gasteiger partial charge in [-0.25, -0.2) is 0 Å². The van der Waals surface area contributed by atoms with Crippen LogP contribution in [0.25, 0.3) is 17.7 Å². The predicted molar refractivity (Wildman–Crippen MR) is 88.3 cm³/mol. The minimum Gasteiger partial charge on any atom is -0.253 e. The maximum Gasteiger partial charge on any atom is 0.577 e. The molecular weight excluding hydrogens is 310 g/mol. The molecule has 0 radical (unpaired) electrons. The van der Waals surface area contributed by atoms with Crippen molar-refractivity contribution in [3.8, 4) is 6.07 Å². The van der Waals surface area contributed by atoms with Gasteiger partial charge in [-0.1, -0.05) is 66.6 Å². The minimum atomic E-state index is -1.44. The molecule has 0 saturated carbocycles. The van der Waals surface area contributed by atoms with Crippen molar-refractivity contribution < 1.29 is 16.7 Å². The van der Waals surface area contributed by atoms with E-state index in [0.717, 1.165) is 0 Å². The fraction of sp³-hybridized carbons (Fsp3) is 0. The lowest BCUT2D eigenvalue weighted by molar-refractivity contribution is -0.614. The van der Waals surface area contributed by atoms with Crippen molar-refractivity contribution in [1.82, 2.24) is 0 Å². The van der Waals surface area contributed by atoms with Crippen molar-refractivity contribution in [1.29, 1.82) is 5.26 Å². The van der Waals surface area contributed by atoms with Gasteiger partial charge < -0.3 is 0 Å². The second kappa shape index (κ2) is 7.47. The fourth-order valence-electron chi connectivity index (χ4n) is 1.78. The van der Waals surface area contributed by atoms with Crippen LogP contribution in [0.3, 0.4) is 0 Å². The smallest absolute Gasteiger partial charge is 0.253 e. The number of benzene rings is 2. The molecule has 2 aromatic carbocycles. The number of hydrogen-bond donors (Lipinski definition) is 0. The maximum atomic E-state index is 10.8. The third-order valence-electron chi connectivity index (χ3n) is 2.84. The van der Waals surface area contributed by atoms with E-state index >= 15 is 0 Å². The van der Waals surface area contributed by atoms with E-state index in [9.17, 15) is 20.2 Å². The normalized spacial score (nSPS) is 13.0. The van der Waals surface area contributed by atoms with Gasteiger partial charge in [-0.2, -0.15) is 5.26 Å². The zero-order valence-electron chi connectivity index (χ0n) is 16.9. The Morgan fingerprint density at radius 1 is 1.00 bits per heavy atom. The predicted octanol–water partition coefficient (Wildman–Crippen LogP) is 3.60. The molecule has 0 atom stereocenters. The van der Waals surface area contributed by atoms with Crippen molar-refractivity contribution in [3.63, 3.8) is 0 Å². The van der Waals surface area contributed by atoms with E-state index in [0.29, 0.717) is 5.56 Å². The molecule has 2 rings (SSSR count). The summed E-state index contributed by atoms with van der Waals surface area (Å²) >= 11 is 0. The molecule has 7 heteroatoms. The first-order valence-electron chi connectivity index (χ1n) is 8.88. The Morgan fingerprint density at radius 2 is 1.54 bits per heavy atom. The molecule has 0 aliphatic heterocycles. The minimum absolute atomic E-state index is 0.0262. The average Bonchev–Trinajstić information content (AvgIpc) is 2.68. The quantitative estimate of drug-likeness (QED) is 0.361. The first-order chi connectivity index (χ1) is 13.6. The van der Waals surface area contributed by atoms with Crippen LogP contribution in [0.4, 0.5) is 0 Å². The molecule has 0 aromatic heterocycles. The Labute approximate surface area is 144 Å². The molecule has 0 fully saturated rings. The first-order valence-corrected chi connectivity index (χ1v) is 6.38. The van der Waals surface area contributed by atoms with Gasteiger partial charge in [0.05, 0.1) is 6.85 Å². The number of nitriles is 1. The number of rotatable bonds is 5. The molecular formula is C17H11N3O4. The summed E-state index contributed by atoms with van der Waals surface area (Å²) in [5, 5.41) is 30.8. The van der Waals surface area contributed by atoms with Gasteiger partial charge in [0.15, 0.2) is 0 Å². The summed E-state index contributed by atoms with van der Waals surface area (Å²) in [7, 11) is 0. The maximum absolute atomic E-state index is 10.8. The van der Waals surface area contributed by atoms with E-state index in [1.807, 2.05) is 0 Å². The van der Waals surface area contributed by atoms with Gasteiger partial charge in [0.25, 0.3) is 0 Å². The Balaban J connectivity index is 2.45. The molecule has 0 aliphatic carbocycles. The number of nitrogens with zero attached hydrogens (tertiary/aromatic N) is 3. The average molecular weight is 326 g/mol. The Kier molecular flexibility index (Phi) is 3.38. The highest BCUT2D eigenvalue weighted by Crippen LogP contribution is 2.20. The molecule has 0 N–H and O–H groups in total. The summed E-state index contributed by atoms with van der Waals surface area (Å²) < 4.78 is 38.5. The molecule has 0 heterocycles. The van der Waals surface area contributed by atoms with Crippen LogP contribution >= 0.6 is 0 Å². The summed E-state index contributed by atoms with van der Waals surface area (Å²) in [6.07, 6.45) is 2.76. The monoisotopic (exact) mass is 326 g/mol. The Hall–Kier alpha value is -3.79. The van der Waals surface area contributed by atoms with Crippen molar-refractivity contribution >= 4 is 17.7 Å².